The normalized spacial score (nSPS) is 12.5. The van der Waals surface area contributed by atoms with Crippen LogP contribution in [0.5, 0.6) is 0 Å². The lowest BCUT2D eigenvalue weighted by Crippen LogP contribution is -2.18. The van der Waals surface area contributed by atoms with Crippen LogP contribution in [0.3, 0.4) is 0 Å². The van der Waals surface area contributed by atoms with Crippen molar-refractivity contribution in [3.63, 3.8) is 0 Å². The summed E-state index contributed by atoms with van der Waals surface area (Å²) in [5.41, 5.74) is 2.26. The van der Waals surface area contributed by atoms with Crippen LogP contribution in [0.2, 0.25) is 0 Å². The van der Waals surface area contributed by atoms with Gasteiger partial charge in [-0.3, -0.25) is 0 Å². The van der Waals surface area contributed by atoms with E-state index >= 15 is 0 Å². The minimum absolute atomic E-state index is 0.190. The molecule has 0 amide bonds. The van der Waals surface area contributed by atoms with Gasteiger partial charge in [-0.15, -0.1) is 0 Å². The molecule has 1 atom stereocenters. The molecular weight excluding hydrogens is 312 g/mol. The molecule has 0 aliphatic heterocycles. The van der Waals surface area contributed by atoms with Crippen LogP contribution < -0.4 is 5.32 Å². The van der Waals surface area contributed by atoms with Crippen LogP contribution in [-0.4, -0.2) is 7.05 Å². The van der Waals surface area contributed by atoms with Crippen molar-refractivity contribution in [1.29, 1.82) is 0 Å². The van der Waals surface area contributed by atoms with Crippen molar-refractivity contribution >= 4 is 15.9 Å². The van der Waals surface area contributed by atoms with Gasteiger partial charge < -0.3 is 5.32 Å². The van der Waals surface area contributed by atoms with Crippen LogP contribution in [0.1, 0.15) is 22.7 Å². The summed E-state index contributed by atoms with van der Waals surface area (Å²) in [6.45, 7) is 1.71. The van der Waals surface area contributed by atoms with Crippen molar-refractivity contribution in [1.82, 2.24) is 5.32 Å². The van der Waals surface area contributed by atoms with Crippen molar-refractivity contribution in [3.05, 3.63) is 69.2 Å². The highest BCUT2D eigenvalue weighted by Gasteiger charge is 2.16. The molecule has 0 fully saturated rings. The van der Waals surface area contributed by atoms with Crippen LogP contribution in [0, 0.1) is 18.6 Å². The maximum absolute atomic E-state index is 13.4. The fourth-order valence-electron chi connectivity index (χ4n) is 2.09. The van der Waals surface area contributed by atoms with E-state index in [1.165, 1.54) is 18.2 Å². The van der Waals surface area contributed by atoms with Gasteiger partial charge in [0.15, 0.2) is 0 Å². The molecule has 2 rings (SSSR count). The average Bonchev–Trinajstić information content (AvgIpc) is 2.38. The Hall–Kier alpha value is -1.26. The van der Waals surface area contributed by atoms with Gasteiger partial charge >= 0.3 is 0 Å². The summed E-state index contributed by atoms with van der Waals surface area (Å²) in [6.07, 6.45) is 0. The highest BCUT2D eigenvalue weighted by molar-refractivity contribution is 9.10. The minimum atomic E-state index is -0.294. The first kappa shape index (κ1) is 14.2. The molecular formula is C15H14BrF2N. The lowest BCUT2D eigenvalue weighted by molar-refractivity contribution is 0.608. The summed E-state index contributed by atoms with van der Waals surface area (Å²) < 4.78 is 27.5. The van der Waals surface area contributed by atoms with E-state index in [9.17, 15) is 8.78 Å². The molecule has 0 spiro atoms. The molecule has 0 bridgehead atoms. The summed E-state index contributed by atoms with van der Waals surface area (Å²) >= 11 is 3.42. The number of halogens is 3. The number of hydrogen-bond donors (Lipinski definition) is 1. The largest absolute Gasteiger partial charge is 0.309 e. The Morgan fingerprint density at radius 3 is 2.47 bits per heavy atom. The van der Waals surface area contributed by atoms with Gasteiger partial charge in [-0.2, -0.15) is 0 Å². The van der Waals surface area contributed by atoms with Crippen LogP contribution in [0.15, 0.2) is 40.9 Å². The molecule has 1 nitrogen and oxygen atoms in total. The minimum Gasteiger partial charge on any atom is -0.309 e. The second kappa shape index (κ2) is 5.80. The van der Waals surface area contributed by atoms with Gasteiger partial charge in [0.2, 0.25) is 0 Å². The van der Waals surface area contributed by atoms with Crippen LogP contribution >= 0.6 is 15.9 Å². The van der Waals surface area contributed by atoms with Crippen molar-refractivity contribution in [2.75, 3.05) is 7.05 Å². The predicted octanol–water partition coefficient (Wildman–Crippen LogP) is 4.34. The SMILES string of the molecule is CNC(c1ccc(F)c(C)c1)c1cc(F)ccc1Br. The van der Waals surface area contributed by atoms with E-state index in [4.69, 9.17) is 0 Å². The molecule has 0 heterocycles. The molecule has 0 aliphatic rings. The molecule has 4 heteroatoms. The molecule has 100 valence electrons. The molecule has 19 heavy (non-hydrogen) atoms. The molecule has 0 radical (unpaired) electrons. The number of benzene rings is 2. The molecule has 2 aromatic carbocycles. The summed E-state index contributed by atoms with van der Waals surface area (Å²) in [5.74, 6) is -0.533. The number of nitrogens with one attached hydrogen (secondary N) is 1. The standard InChI is InChI=1S/C15H14BrF2N/c1-9-7-10(3-6-14(9)18)15(19-2)12-8-11(17)4-5-13(12)16/h3-8,15,19H,1-2H3. The monoisotopic (exact) mass is 325 g/mol. The topological polar surface area (TPSA) is 12.0 Å². The van der Waals surface area contributed by atoms with Crippen molar-refractivity contribution in [3.8, 4) is 0 Å². The van der Waals surface area contributed by atoms with Crippen LogP contribution in [0.4, 0.5) is 8.78 Å². The third-order valence-corrected chi connectivity index (χ3v) is 3.80. The molecule has 1 N–H and O–H groups in total. The van der Waals surface area contributed by atoms with E-state index in [2.05, 4.69) is 21.2 Å². The summed E-state index contributed by atoms with van der Waals surface area (Å²) in [4.78, 5) is 0. The Balaban J connectivity index is 2.49. The quantitative estimate of drug-likeness (QED) is 0.884. The summed E-state index contributed by atoms with van der Waals surface area (Å²) in [5, 5.41) is 3.13. The number of rotatable bonds is 3. The van der Waals surface area contributed by atoms with Crippen LogP contribution in [0.25, 0.3) is 0 Å². The van der Waals surface area contributed by atoms with E-state index in [0.717, 1.165) is 15.6 Å². The maximum atomic E-state index is 13.4. The zero-order chi connectivity index (χ0) is 14.0. The molecule has 2 aromatic rings. The fraction of sp³-hybridized carbons (Fsp3) is 0.200. The van der Waals surface area contributed by atoms with Gasteiger partial charge in [0.25, 0.3) is 0 Å². The second-order valence-electron chi connectivity index (χ2n) is 4.40. The van der Waals surface area contributed by atoms with Gasteiger partial charge in [-0.05, 0) is 54.9 Å². The summed E-state index contributed by atoms with van der Waals surface area (Å²) in [6, 6.07) is 9.27. The van der Waals surface area contributed by atoms with Gasteiger partial charge in [0.1, 0.15) is 11.6 Å². The van der Waals surface area contributed by atoms with E-state index < -0.39 is 0 Å². The Bertz CT molecular complexity index is 599. The molecule has 0 aromatic heterocycles. The zero-order valence-corrected chi connectivity index (χ0v) is 12.3. The van der Waals surface area contributed by atoms with Gasteiger partial charge in [0.05, 0.1) is 6.04 Å². The van der Waals surface area contributed by atoms with Crippen molar-refractivity contribution in [2.24, 2.45) is 0 Å². The molecule has 1 unspecified atom stereocenters. The first-order valence-electron chi connectivity index (χ1n) is 5.91. The summed E-state index contributed by atoms with van der Waals surface area (Å²) in [7, 11) is 1.79. The number of hydrogen-bond acceptors (Lipinski definition) is 1. The maximum Gasteiger partial charge on any atom is 0.126 e. The molecule has 0 saturated carbocycles. The molecule has 0 aliphatic carbocycles. The fourth-order valence-corrected chi connectivity index (χ4v) is 2.56. The third-order valence-electron chi connectivity index (χ3n) is 3.07. The first-order chi connectivity index (χ1) is 9.02. The van der Waals surface area contributed by atoms with Crippen molar-refractivity contribution < 1.29 is 8.78 Å². The molecule has 0 saturated heterocycles. The predicted molar refractivity (Wildman–Crippen MR) is 76.1 cm³/mol. The average molecular weight is 326 g/mol. The Morgan fingerprint density at radius 2 is 1.84 bits per heavy atom. The van der Waals surface area contributed by atoms with E-state index in [1.54, 1.807) is 32.2 Å². The van der Waals surface area contributed by atoms with Crippen LogP contribution in [-0.2, 0) is 0 Å². The Labute approximate surface area is 119 Å². The lowest BCUT2D eigenvalue weighted by Gasteiger charge is -2.19. The second-order valence-corrected chi connectivity index (χ2v) is 5.25. The lowest BCUT2D eigenvalue weighted by atomic mass is 9.97. The van der Waals surface area contributed by atoms with E-state index in [1.807, 2.05) is 0 Å². The van der Waals surface area contributed by atoms with Crippen molar-refractivity contribution in [2.45, 2.75) is 13.0 Å². The first-order valence-corrected chi connectivity index (χ1v) is 6.70. The third kappa shape index (κ3) is 3.01. The zero-order valence-electron chi connectivity index (χ0n) is 10.7. The van der Waals surface area contributed by atoms with E-state index in [0.29, 0.717) is 5.56 Å². The highest BCUT2D eigenvalue weighted by atomic mass is 79.9. The van der Waals surface area contributed by atoms with Gasteiger partial charge in [-0.25, -0.2) is 8.78 Å². The van der Waals surface area contributed by atoms with E-state index in [-0.39, 0.29) is 17.7 Å². The van der Waals surface area contributed by atoms with Gasteiger partial charge in [-0.1, -0.05) is 28.1 Å². The Morgan fingerprint density at radius 1 is 1.11 bits per heavy atom. The smallest absolute Gasteiger partial charge is 0.126 e. The van der Waals surface area contributed by atoms with Gasteiger partial charge in [0, 0.05) is 4.47 Å². The Kier molecular flexibility index (Phi) is 4.32. The highest BCUT2D eigenvalue weighted by Crippen LogP contribution is 2.29. The number of aryl methyl sites for hydroxylation is 1.